The summed E-state index contributed by atoms with van der Waals surface area (Å²) in [5.74, 6) is 0. The van der Waals surface area contributed by atoms with Crippen molar-refractivity contribution >= 4 is 21.5 Å². The Kier molecular flexibility index (Phi) is 15.6. The first-order chi connectivity index (χ1) is 24.9. The maximum Gasteiger partial charge on any atom is 4.00 e. The van der Waals surface area contributed by atoms with Crippen molar-refractivity contribution in [2.45, 2.75) is 33.1 Å². The van der Waals surface area contributed by atoms with Gasteiger partial charge in [-0.15, -0.1) is 47.8 Å². The monoisotopic (exact) mass is 752 g/mol. The third kappa shape index (κ3) is 11.7. The molecule has 2 heterocycles. The molecule has 0 radical (unpaired) electrons. The number of hydrogen-bond donors (Lipinski definition) is 0. The Morgan fingerprint density at radius 2 is 1.06 bits per heavy atom. The number of benzene rings is 6. The van der Waals surface area contributed by atoms with E-state index in [4.69, 9.17) is 4.98 Å². The van der Waals surface area contributed by atoms with Crippen molar-refractivity contribution in [3.63, 3.8) is 0 Å². The predicted octanol–water partition coefficient (Wildman–Crippen LogP) is 12.9. The van der Waals surface area contributed by atoms with Crippen LogP contribution in [-0.2, 0) is 32.6 Å². The van der Waals surface area contributed by atoms with Crippen LogP contribution in [0.4, 0.5) is 0 Å². The van der Waals surface area contributed by atoms with Crippen LogP contribution in [0.2, 0.25) is 0 Å². The average Bonchev–Trinajstić information content (AvgIpc) is 3.65. The molecule has 256 valence electrons. The van der Waals surface area contributed by atoms with Crippen LogP contribution in [-0.4, -0.2) is 4.98 Å². The van der Waals surface area contributed by atoms with Crippen LogP contribution in [0.3, 0.4) is 0 Å². The summed E-state index contributed by atoms with van der Waals surface area (Å²) in [7, 11) is 0. The summed E-state index contributed by atoms with van der Waals surface area (Å²) in [4.78, 5) is 9.65. The van der Waals surface area contributed by atoms with Crippen LogP contribution in [0.5, 0.6) is 0 Å². The van der Waals surface area contributed by atoms with E-state index in [1.54, 1.807) is 0 Å². The molecule has 0 saturated carbocycles. The molecular formula is C49H46N2Zr. The standard InChI is InChI=1S/C28H25N2.3C7H7.Zr/c1-3-4-9-20-13-14-24-22(17-20)18-21-10-5-6-11-23(21)28(24)27-16-15-26(30-27)25-12-7-8-19(2)29-25;3*1-7-5-3-2-4-6-7;/h5-8,10-18H,3-4,9H2,1-2H3;3*2-6H,1H2;/q4*-1;+4. The summed E-state index contributed by atoms with van der Waals surface area (Å²) in [5.41, 5.74) is 9.70. The number of nitrogens with zero attached hydrogens (tertiary/aromatic N) is 2. The van der Waals surface area contributed by atoms with E-state index in [1.807, 2.05) is 116 Å². The van der Waals surface area contributed by atoms with E-state index in [0.717, 1.165) is 45.9 Å². The second kappa shape index (κ2) is 20.6. The van der Waals surface area contributed by atoms with Gasteiger partial charge in [-0.05, 0) is 70.6 Å². The van der Waals surface area contributed by atoms with E-state index in [-0.39, 0.29) is 26.2 Å². The van der Waals surface area contributed by atoms with Crippen molar-refractivity contribution in [3.8, 4) is 22.6 Å². The van der Waals surface area contributed by atoms with Crippen LogP contribution < -0.4 is 4.98 Å². The predicted molar refractivity (Wildman–Crippen MR) is 219 cm³/mol. The summed E-state index contributed by atoms with van der Waals surface area (Å²) >= 11 is 0. The molecule has 0 aliphatic rings. The van der Waals surface area contributed by atoms with Crippen molar-refractivity contribution in [1.82, 2.24) is 9.97 Å². The molecule has 8 rings (SSSR count). The van der Waals surface area contributed by atoms with E-state index >= 15 is 0 Å². The molecule has 2 aromatic heterocycles. The van der Waals surface area contributed by atoms with Crippen LogP contribution in [0.1, 0.15) is 47.7 Å². The molecule has 2 nitrogen and oxygen atoms in total. The average molecular weight is 754 g/mol. The van der Waals surface area contributed by atoms with Gasteiger partial charge in [-0.2, -0.15) is 73.9 Å². The SMILES string of the molecule is CCCCc1ccc2c(-c3ccc(-c4cccc(C)n4)[n-]3)c3ccccc3cc2c1.[CH2-]c1ccccc1.[CH2-]c1ccccc1.[CH2-]c1ccccc1.[Zr+4]. The Balaban J connectivity index is 0.000000221. The molecule has 0 aliphatic carbocycles. The van der Waals surface area contributed by atoms with Gasteiger partial charge in [0.25, 0.3) is 0 Å². The van der Waals surface area contributed by atoms with Gasteiger partial charge in [0.1, 0.15) is 0 Å². The molecule has 0 saturated heterocycles. The minimum Gasteiger partial charge on any atom is -0.656 e. The molecule has 0 unspecified atom stereocenters. The number of aromatic nitrogens is 2. The zero-order valence-corrected chi connectivity index (χ0v) is 32.8. The van der Waals surface area contributed by atoms with Crippen LogP contribution in [0.15, 0.2) is 170 Å². The summed E-state index contributed by atoms with van der Waals surface area (Å²) in [6.07, 6.45) is 3.57. The van der Waals surface area contributed by atoms with Gasteiger partial charge in [0.2, 0.25) is 0 Å². The zero-order chi connectivity index (χ0) is 35.8. The van der Waals surface area contributed by atoms with Crippen molar-refractivity contribution in [3.05, 3.63) is 219 Å². The van der Waals surface area contributed by atoms with E-state index in [9.17, 15) is 0 Å². The molecule has 6 aromatic carbocycles. The second-order valence-electron chi connectivity index (χ2n) is 12.5. The Labute approximate surface area is 330 Å². The van der Waals surface area contributed by atoms with Crippen molar-refractivity contribution < 1.29 is 26.2 Å². The number of unbranched alkanes of at least 4 members (excludes halogenated alkanes) is 1. The summed E-state index contributed by atoms with van der Waals surface area (Å²) < 4.78 is 0. The fourth-order valence-electron chi connectivity index (χ4n) is 5.70. The smallest absolute Gasteiger partial charge is 0.656 e. The molecule has 0 fully saturated rings. The van der Waals surface area contributed by atoms with Crippen LogP contribution in [0.25, 0.3) is 44.2 Å². The molecule has 0 aliphatic heterocycles. The van der Waals surface area contributed by atoms with E-state index in [0.29, 0.717) is 0 Å². The topological polar surface area (TPSA) is 27.0 Å². The van der Waals surface area contributed by atoms with Gasteiger partial charge in [-0.25, -0.2) is 0 Å². The normalized spacial score (nSPS) is 10.0. The zero-order valence-electron chi connectivity index (χ0n) is 30.3. The quantitative estimate of drug-likeness (QED) is 0.129. The number of fused-ring (bicyclic) bond motifs is 2. The Hall–Kier alpha value is -5.24. The molecule has 52 heavy (non-hydrogen) atoms. The molecule has 0 N–H and O–H groups in total. The fourth-order valence-corrected chi connectivity index (χ4v) is 5.70. The molecule has 0 spiro atoms. The Bertz CT molecular complexity index is 2130. The van der Waals surface area contributed by atoms with Crippen LogP contribution in [0, 0.1) is 27.7 Å². The van der Waals surface area contributed by atoms with E-state index in [2.05, 4.69) is 93.3 Å². The van der Waals surface area contributed by atoms with Gasteiger partial charge in [-0.1, -0.05) is 92.2 Å². The van der Waals surface area contributed by atoms with Gasteiger partial charge in [0.15, 0.2) is 0 Å². The second-order valence-corrected chi connectivity index (χ2v) is 12.5. The van der Waals surface area contributed by atoms with Gasteiger partial charge in [-0.3, -0.25) is 4.98 Å². The maximum absolute atomic E-state index is 5.00. The van der Waals surface area contributed by atoms with E-state index in [1.165, 1.54) is 45.5 Å². The summed E-state index contributed by atoms with van der Waals surface area (Å²) in [6.45, 7) is 15.4. The van der Waals surface area contributed by atoms with Gasteiger partial charge < -0.3 is 4.98 Å². The Morgan fingerprint density at radius 1 is 0.519 bits per heavy atom. The number of hydrogen-bond acceptors (Lipinski definition) is 1. The molecule has 3 heteroatoms. The minimum absolute atomic E-state index is 0. The minimum atomic E-state index is 0. The summed E-state index contributed by atoms with van der Waals surface area (Å²) in [5, 5.41) is 5.05. The number of aryl methyl sites for hydroxylation is 2. The molecular weight excluding hydrogens is 708 g/mol. The van der Waals surface area contributed by atoms with Gasteiger partial charge >= 0.3 is 26.2 Å². The molecule has 0 bridgehead atoms. The van der Waals surface area contributed by atoms with Gasteiger partial charge in [0.05, 0.1) is 0 Å². The fraction of sp³-hybridized carbons (Fsp3) is 0.102. The molecule has 0 atom stereocenters. The largest absolute Gasteiger partial charge is 4.00 e. The first-order valence-corrected chi connectivity index (χ1v) is 17.5. The third-order valence-corrected chi connectivity index (χ3v) is 8.32. The molecule has 0 amide bonds. The van der Waals surface area contributed by atoms with Crippen LogP contribution >= 0.6 is 0 Å². The van der Waals surface area contributed by atoms with Gasteiger partial charge in [0, 0.05) is 11.4 Å². The summed E-state index contributed by atoms with van der Waals surface area (Å²) in [6, 6.07) is 57.8. The van der Waals surface area contributed by atoms with E-state index < -0.39 is 0 Å². The van der Waals surface area contributed by atoms with Crippen molar-refractivity contribution in [1.29, 1.82) is 0 Å². The number of pyridine rings is 1. The number of rotatable bonds is 5. The Morgan fingerprint density at radius 3 is 1.60 bits per heavy atom. The first kappa shape index (κ1) is 39.5. The maximum atomic E-state index is 5.00. The first-order valence-electron chi connectivity index (χ1n) is 17.5. The molecule has 8 aromatic rings. The van der Waals surface area contributed by atoms with Crippen molar-refractivity contribution in [2.24, 2.45) is 0 Å². The van der Waals surface area contributed by atoms with Crippen molar-refractivity contribution in [2.75, 3.05) is 0 Å². The third-order valence-electron chi connectivity index (χ3n) is 8.32.